The standard InChI is InChI=1S/C12H11N3O3S/c1-7-5-9(15(17)18)3-4-10(7)19-12-13-8(2)6-11(16)14-12/h3-6H,1-2H3,(H,13,14,16). The van der Waals surface area contributed by atoms with Crippen LogP contribution in [-0.4, -0.2) is 14.9 Å². The summed E-state index contributed by atoms with van der Waals surface area (Å²) in [6.45, 7) is 3.52. The average Bonchev–Trinajstić information content (AvgIpc) is 2.30. The topological polar surface area (TPSA) is 88.9 Å². The van der Waals surface area contributed by atoms with Gasteiger partial charge >= 0.3 is 0 Å². The summed E-state index contributed by atoms with van der Waals surface area (Å²) in [7, 11) is 0. The van der Waals surface area contributed by atoms with Crippen LogP contribution in [0.5, 0.6) is 0 Å². The summed E-state index contributed by atoms with van der Waals surface area (Å²) in [5.74, 6) is 0. The number of rotatable bonds is 3. The number of H-pyrrole nitrogens is 1. The quantitative estimate of drug-likeness (QED) is 0.529. The van der Waals surface area contributed by atoms with Crippen LogP contribution in [0.1, 0.15) is 11.3 Å². The van der Waals surface area contributed by atoms with Crippen LogP contribution in [-0.2, 0) is 0 Å². The minimum atomic E-state index is -0.436. The molecule has 98 valence electrons. The fourth-order valence-electron chi connectivity index (χ4n) is 1.57. The van der Waals surface area contributed by atoms with Crippen LogP contribution in [0.3, 0.4) is 0 Å². The van der Waals surface area contributed by atoms with E-state index < -0.39 is 4.92 Å². The molecule has 1 aromatic heterocycles. The van der Waals surface area contributed by atoms with E-state index in [-0.39, 0.29) is 11.2 Å². The molecule has 0 spiro atoms. The van der Waals surface area contributed by atoms with Crippen molar-refractivity contribution in [2.75, 3.05) is 0 Å². The Morgan fingerprint density at radius 1 is 1.32 bits per heavy atom. The van der Waals surface area contributed by atoms with Gasteiger partial charge in [0.15, 0.2) is 5.16 Å². The van der Waals surface area contributed by atoms with Crippen LogP contribution in [0, 0.1) is 24.0 Å². The number of aryl methyl sites for hydroxylation is 2. The summed E-state index contributed by atoms with van der Waals surface area (Å²) in [6.07, 6.45) is 0. The molecule has 2 rings (SSSR count). The maximum Gasteiger partial charge on any atom is 0.269 e. The van der Waals surface area contributed by atoms with Gasteiger partial charge in [0, 0.05) is 28.8 Å². The monoisotopic (exact) mass is 277 g/mol. The van der Waals surface area contributed by atoms with E-state index in [1.165, 1.54) is 30.0 Å². The summed E-state index contributed by atoms with van der Waals surface area (Å²) in [6, 6.07) is 5.99. The largest absolute Gasteiger partial charge is 0.301 e. The molecule has 19 heavy (non-hydrogen) atoms. The number of aromatic amines is 1. The third-order valence-corrected chi connectivity index (χ3v) is 3.49. The molecule has 1 aromatic carbocycles. The SMILES string of the molecule is Cc1cc(=O)[nH]c(Sc2ccc([N+](=O)[O-])cc2C)n1. The first-order valence-corrected chi connectivity index (χ1v) is 6.28. The highest BCUT2D eigenvalue weighted by atomic mass is 32.2. The zero-order chi connectivity index (χ0) is 14.0. The van der Waals surface area contributed by atoms with E-state index >= 15 is 0 Å². The Morgan fingerprint density at radius 3 is 2.63 bits per heavy atom. The number of benzene rings is 1. The first-order valence-electron chi connectivity index (χ1n) is 5.46. The maximum atomic E-state index is 11.3. The fraction of sp³-hybridized carbons (Fsp3) is 0.167. The molecule has 0 bridgehead atoms. The van der Waals surface area contributed by atoms with Crippen molar-refractivity contribution >= 4 is 17.4 Å². The predicted octanol–water partition coefficient (Wildman–Crippen LogP) is 2.45. The molecule has 0 aliphatic carbocycles. The minimum absolute atomic E-state index is 0.0487. The Balaban J connectivity index is 2.33. The lowest BCUT2D eigenvalue weighted by Crippen LogP contribution is -2.07. The highest BCUT2D eigenvalue weighted by Crippen LogP contribution is 2.29. The Labute approximate surface area is 113 Å². The first-order chi connectivity index (χ1) is 8.95. The zero-order valence-corrected chi connectivity index (χ0v) is 11.2. The number of nitrogens with one attached hydrogen (secondary N) is 1. The Bertz CT molecular complexity index is 697. The van der Waals surface area contributed by atoms with Gasteiger partial charge in [-0.05, 0) is 25.5 Å². The second kappa shape index (κ2) is 5.23. The number of nitrogens with zero attached hydrogens (tertiary/aromatic N) is 2. The van der Waals surface area contributed by atoms with Crippen molar-refractivity contribution in [1.29, 1.82) is 0 Å². The van der Waals surface area contributed by atoms with Crippen molar-refractivity contribution < 1.29 is 4.92 Å². The van der Waals surface area contributed by atoms with E-state index in [1.54, 1.807) is 19.9 Å². The van der Waals surface area contributed by atoms with E-state index in [0.717, 1.165) is 10.5 Å². The molecular weight excluding hydrogens is 266 g/mol. The van der Waals surface area contributed by atoms with Crippen LogP contribution >= 0.6 is 11.8 Å². The van der Waals surface area contributed by atoms with Crippen LogP contribution < -0.4 is 5.56 Å². The van der Waals surface area contributed by atoms with Crippen LogP contribution in [0.2, 0.25) is 0 Å². The molecule has 0 saturated carbocycles. The van der Waals surface area contributed by atoms with Gasteiger partial charge in [-0.15, -0.1) is 0 Å². The normalized spacial score (nSPS) is 10.4. The maximum absolute atomic E-state index is 11.3. The summed E-state index contributed by atoms with van der Waals surface area (Å²) >= 11 is 1.27. The van der Waals surface area contributed by atoms with Gasteiger partial charge in [-0.3, -0.25) is 14.9 Å². The van der Waals surface area contributed by atoms with Crippen molar-refractivity contribution in [2.45, 2.75) is 23.9 Å². The fourth-order valence-corrected chi connectivity index (χ4v) is 2.47. The zero-order valence-electron chi connectivity index (χ0n) is 10.3. The van der Waals surface area contributed by atoms with E-state index in [1.807, 2.05) is 0 Å². The molecule has 2 aromatic rings. The summed E-state index contributed by atoms with van der Waals surface area (Å²) < 4.78 is 0. The molecule has 0 radical (unpaired) electrons. The Morgan fingerprint density at radius 2 is 2.05 bits per heavy atom. The van der Waals surface area contributed by atoms with E-state index in [4.69, 9.17) is 0 Å². The van der Waals surface area contributed by atoms with Gasteiger partial charge < -0.3 is 4.98 Å². The molecule has 0 saturated heterocycles. The number of aromatic nitrogens is 2. The molecule has 6 nitrogen and oxygen atoms in total. The van der Waals surface area contributed by atoms with Gasteiger partial charge in [0.2, 0.25) is 0 Å². The molecule has 0 atom stereocenters. The third-order valence-electron chi connectivity index (χ3n) is 2.42. The highest BCUT2D eigenvalue weighted by Gasteiger charge is 2.10. The average molecular weight is 277 g/mol. The number of hydrogen-bond acceptors (Lipinski definition) is 5. The van der Waals surface area contributed by atoms with Gasteiger partial charge in [-0.1, -0.05) is 11.8 Å². The highest BCUT2D eigenvalue weighted by molar-refractivity contribution is 7.99. The molecule has 1 heterocycles. The number of nitro groups is 1. The third kappa shape index (κ3) is 3.19. The van der Waals surface area contributed by atoms with Crippen LogP contribution in [0.15, 0.2) is 39.1 Å². The predicted molar refractivity (Wildman–Crippen MR) is 71.6 cm³/mol. The van der Waals surface area contributed by atoms with Crippen molar-refractivity contribution in [1.82, 2.24) is 9.97 Å². The molecule has 7 heteroatoms. The van der Waals surface area contributed by atoms with Crippen molar-refractivity contribution in [3.63, 3.8) is 0 Å². The van der Waals surface area contributed by atoms with E-state index in [0.29, 0.717) is 10.9 Å². The summed E-state index contributed by atoms with van der Waals surface area (Å²) in [5, 5.41) is 11.1. The summed E-state index contributed by atoms with van der Waals surface area (Å²) in [5.41, 5.74) is 1.23. The van der Waals surface area contributed by atoms with Crippen molar-refractivity contribution in [3.8, 4) is 0 Å². The van der Waals surface area contributed by atoms with Gasteiger partial charge in [-0.25, -0.2) is 4.98 Å². The van der Waals surface area contributed by atoms with Crippen molar-refractivity contribution in [3.05, 3.63) is 56.0 Å². The molecular formula is C12H11N3O3S. The molecule has 0 aliphatic heterocycles. The van der Waals surface area contributed by atoms with Crippen LogP contribution in [0.25, 0.3) is 0 Å². The van der Waals surface area contributed by atoms with E-state index in [9.17, 15) is 14.9 Å². The summed E-state index contributed by atoms with van der Waals surface area (Å²) in [4.78, 5) is 29.2. The van der Waals surface area contributed by atoms with Gasteiger partial charge in [0.1, 0.15) is 0 Å². The first kappa shape index (κ1) is 13.3. The number of hydrogen-bond donors (Lipinski definition) is 1. The molecule has 0 fully saturated rings. The minimum Gasteiger partial charge on any atom is -0.301 e. The molecule has 0 aliphatic rings. The Hall–Kier alpha value is -2.15. The Kier molecular flexibility index (Phi) is 3.66. The van der Waals surface area contributed by atoms with Gasteiger partial charge in [-0.2, -0.15) is 0 Å². The van der Waals surface area contributed by atoms with Crippen LogP contribution in [0.4, 0.5) is 5.69 Å². The van der Waals surface area contributed by atoms with Gasteiger partial charge in [0.05, 0.1) is 4.92 Å². The lowest BCUT2D eigenvalue weighted by molar-refractivity contribution is -0.385. The number of nitro benzene ring substituents is 1. The lowest BCUT2D eigenvalue weighted by Gasteiger charge is -2.05. The van der Waals surface area contributed by atoms with E-state index in [2.05, 4.69) is 9.97 Å². The molecule has 0 amide bonds. The molecule has 0 unspecified atom stereocenters. The second-order valence-corrected chi connectivity index (χ2v) is 5.03. The molecule has 1 N–H and O–H groups in total. The second-order valence-electron chi connectivity index (χ2n) is 4.00. The number of non-ortho nitro benzene ring substituents is 1. The van der Waals surface area contributed by atoms with Crippen molar-refractivity contribution in [2.24, 2.45) is 0 Å². The smallest absolute Gasteiger partial charge is 0.269 e. The van der Waals surface area contributed by atoms with Gasteiger partial charge in [0.25, 0.3) is 11.2 Å². The lowest BCUT2D eigenvalue weighted by atomic mass is 10.2.